The molecule has 8 nitrogen and oxygen atoms in total. The zero-order valence-corrected chi connectivity index (χ0v) is 14.7. The van der Waals surface area contributed by atoms with Gasteiger partial charge in [0, 0.05) is 0 Å². The van der Waals surface area contributed by atoms with Gasteiger partial charge in [0.25, 0.3) is 0 Å². The molecule has 0 aromatic heterocycles. The average Bonchev–Trinajstić information content (AvgIpc) is 2.82. The van der Waals surface area contributed by atoms with Crippen LogP contribution in [0.4, 0.5) is 4.79 Å². The van der Waals surface area contributed by atoms with Gasteiger partial charge < -0.3 is 24.7 Å². The quantitative estimate of drug-likeness (QED) is 0.747. The number of nitrogens with one attached hydrogen (secondary N) is 1. The molecular formula is C16H26N2O6. The third-order valence-electron chi connectivity index (χ3n) is 4.12. The lowest BCUT2D eigenvalue weighted by Crippen LogP contribution is -2.60. The van der Waals surface area contributed by atoms with Crippen molar-refractivity contribution in [3.63, 3.8) is 0 Å². The Balaban J connectivity index is 2.20. The molecule has 1 amide bonds. The number of carbonyl (C=O) groups excluding carboxylic acids is 2. The average molecular weight is 342 g/mol. The summed E-state index contributed by atoms with van der Waals surface area (Å²) in [6, 6.07) is -0.687. The summed E-state index contributed by atoms with van der Waals surface area (Å²) < 4.78 is 10.4. The van der Waals surface area contributed by atoms with Gasteiger partial charge in [-0.3, -0.25) is 4.79 Å². The normalized spacial score (nSPS) is 32.2. The lowest BCUT2D eigenvalue weighted by Gasteiger charge is -2.40. The Kier molecular flexibility index (Phi) is 5.37. The fraction of sp³-hybridized carbons (Fsp3) is 0.812. The van der Waals surface area contributed by atoms with E-state index in [0.717, 1.165) is 0 Å². The molecule has 136 valence electrons. The molecule has 2 N–H and O–H groups in total. The molecule has 5 atom stereocenters. The molecule has 0 unspecified atom stereocenters. The maximum atomic E-state index is 12.3. The Morgan fingerprint density at radius 3 is 2.67 bits per heavy atom. The summed E-state index contributed by atoms with van der Waals surface area (Å²) in [6.45, 7) is 8.93. The van der Waals surface area contributed by atoms with Crippen molar-refractivity contribution in [1.82, 2.24) is 5.32 Å². The summed E-state index contributed by atoms with van der Waals surface area (Å²) in [7, 11) is 0. The fourth-order valence-corrected chi connectivity index (χ4v) is 3.20. The topological polar surface area (TPSA) is 106 Å². The molecule has 0 spiro atoms. The first-order valence-electron chi connectivity index (χ1n) is 8.18. The van der Waals surface area contributed by atoms with Gasteiger partial charge in [0.1, 0.15) is 5.60 Å². The molecule has 1 heterocycles. The molecule has 8 heteroatoms. The predicted octanol–water partition coefficient (Wildman–Crippen LogP) is 1.21. The molecular weight excluding hydrogens is 316 g/mol. The zero-order valence-electron chi connectivity index (χ0n) is 14.7. The van der Waals surface area contributed by atoms with Crippen molar-refractivity contribution in [2.75, 3.05) is 6.61 Å². The smallest absolute Gasteiger partial charge is 0.408 e. The van der Waals surface area contributed by atoms with Gasteiger partial charge >= 0.3 is 12.1 Å². The Hall–Kier alpha value is -1.83. The van der Waals surface area contributed by atoms with Crippen LogP contribution in [0.15, 0.2) is 5.16 Å². The van der Waals surface area contributed by atoms with Crippen LogP contribution in [0.3, 0.4) is 0 Å². The number of hydrogen-bond donors (Lipinski definition) is 2. The standard InChI is InChI=1S/C16H26N2O6/c1-6-22-14(20)9-7-10(19)11-8(2)18-24-13(11)12(9)17-15(21)23-16(3,4)5/h9-13,19H,6-7H2,1-5H3,(H,17,21)/t9-,10+,11-,12+,13-/m0/s1. The van der Waals surface area contributed by atoms with E-state index in [2.05, 4.69) is 10.5 Å². The summed E-state index contributed by atoms with van der Waals surface area (Å²) in [5.74, 6) is -1.57. The van der Waals surface area contributed by atoms with Crippen molar-refractivity contribution >= 4 is 17.8 Å². The minimum absolute atomic E-state index is 0.163. The van der Waals surface area contributed by atoms with E-state index in [9.17, 15) is 14.7 Å². The molecule has 0 saturated heterocycles. The van der Waals surface area contributed by atoms with Crippen molar-refractivity contribution in [1.29, 1.82) is 0 Å². The third-order valence-corrected chi connectivity index (χ3v) is 4.12. The summed E-state index contributed by atoms with van der Waals surface area (Å²) in [5, 5.41) is 17.0. The predicted molar refractivity (Wildman–Crippen MR) is 85.4 cm³/mol. The van der Waals surface area contributed by atoms with E-state index in [1.165, 1.54) is 0 Å². The van der Waals surface area contributed by atoms with Crippen LogP contribution in [0.2, 0.25) is 0 Å². The van der Waals surface area contributed by atoms with Gasteiger partial charge in [-0.2, -0.15) is 0 Å². The summed E-state index contributed by atoms with van der Waals surface area (Å²) in [4.78, 5) is 29.8. The van der Waals surface area contributed by atoms with Crippen molar-refractivity contribution in [2.45, 2.75) is 64.9 Å². The first kappa shape index (κ1) is 18.5. The number of oxime groups is 1. The lowest BCUT2D eigenvalue weighted by atomic mass is 9.73. The van der Waals surface area contributed by atoms with E-state index in [4.69, 9.17) is 14.3 Å². The lowest BCUT2D eigenvalue weighted by molar-refractivity contribution is -0.156. The van der Waals surface area contributed by atoms with E-state index < -0.39 is 41.8 Å². The molecule has 0 radical (unpaired) electrons. The monoisotopic (exact) mass is 342 g/mol. The maximum absolute atomic E-state index is 12.3. The molecule has 1 aliphatic heterocycles. The largest absolute Gasteiger partial charge is 0.466 e. The number of carbonyl (C=O) groups is 2. The number of fused-ring (bicyclic) bond motifs is 1. The van der Waals surface area contributed by atoms with Crippen LogP contribution < -0.4 is 5.32 Å². The van der Waals surface area contributed by atoms with Gasteiger partial charge in [-0.05, 0) is 41.0 Å². The number of nitrogens with zero attached hydrogens (tertiary/aromatic N) is 1. The van der Waals surface area contributed by atoms with E-state index in [0.29, 0.717) is 5.71 Å². The molecule has 24 heavy (non-hydrogen) atoms. The molecule has 0 aromatic rings. The summed E-state index contributed by atoms with van der Waals surface area (Å²) in [6.07, 6.45) is -1.90. The van der Waals surface area contributed by atoms with Crippen LogP contribution in [-0.4, -0.2) is 53.3 Å². The number of aliphatic hydroxyl groups is 1. The van der Waals surface area contributed by atoms with Crippen molar-refractivity contribution < 1.29 is 29.0 Å². The maximum Gasteiger partial charge on any atom is 0.408 e. The van der Waals surface area contributed by atoms with Crippen LogP contribution in [0.5, 0.6) is 0 Å². The van der Waals surface area contributed by atoms with Gasteiger partial charge in [-0.15, -0.1) is 0 Å². The minimum Gasteiger partial charge on any atom is -0.466 e. The third kappa shape index (κ3) is 3.98. The summed E-state index contributed by atoms with van der Waals surface area (Å²) in [5.41, 5.74) is -0.0224. The Bertz CT molecular complexity index is 527. The number of alkyl carbamates (subject to hydrolysis) is 1. The number of hydrogen-bond acceptors (Lipinski definition) is 7. The van der Waals surface area contributed by atoms with Crippen LogP contribution in [0.1, 0.15) is 41.0 Å². The van der Waals surface area contributed by atoms with Crippen LogP contribution in [0, 0.1) is 11.8 Å². The number of rotatable bonds is 3. The first-order valence-corrected chi connectivity index (χ1v) is 8.18. The van der Waals surface area contributed by atoms with Crippen LogP contribution in [0.25, 0.3) is 0 Å². The molecule has 2 aliphatic rings. The highest BCUT2D eigenvalue weighted by Crippen LogP contribution is 2.37. The zero-order chi connectivity index (χ0) is 18.1. The highest BCUT2D eigenvalue weighted by Gasteiger charge is 2.53. The molecule has 1 saturated carbocycles. The van der Waals surface area contributed by atoms with Crippen molar-refractivity contribution in [3.8, 4) is 0 Å². The van der Waals surface area contributed by atoms with Crippen molar-refractivity contribution in [2.24, 2.45) is 17.0 Å². The van der Waals surface area contributed by atoms with Gasteiger partial charge in [0.2, 0.25) is 0 Å². The van der Waals surface area contributed by atoms with Crippen LogP contribution in [-0.2, 0) is 19.1 Å². The first-order chi connectivity index (χ1) is 11.1. The minimum atomic E-state index is -0.785. The highest BCUT2D eigenvalue weighted by molar-refractivity contribution is 5.87. The Morgan fingerprint density at radius 2 is 2.08 bits per heavy atom. The number of ether oxygens (including phenoxy) is 2. The molecule has 1 aliphatic carbocycles. The Morgan fingerprint density at radius 1 is 1.42 bits per heavy atom. The van der Waals surface area contributed by atoms with E-state index in [1.54, 1.807) is 34.6 Å². The summed E-state index contributed by atoms with van der Waals surface area (Å²) >= 11 is 0. The van der Waals surface area contributed by atoms with Gasteiger partial charge in [-0.25, -0.2) is 4.79 Å². The van der Waals surface area contributed by atoms with E-state index >= 15 is 0 Å². The molecule has 2 rings (SSSR count). The van der Waals surface area contributed by atoms with Gasteiger partial charge in [0.05, 0.1) is 36.3 Å². The molecule has 0 bridgehead atoms. The second-order valence-corrected chi connectivity index (χ2v) is 7.16. The van der Waals surface area contributed by atoms with Crippen molar-refractivity contribution in [3.05, 3.63) is 0 Å². The molecule has 1 fully saturated rings. The SMILES string of the molecule is CCOC(=O)[C@H]1C[C@@H](O)[C@@H]2C(C)=NO[C@@H]2[C@@H]1NC(=O)OC(C)(C)C. The van der Waals surface area contributed by atoms with Gasteiger partial charge in [0.15, 0.2) is 6.10 Å². The number of aliphatic hydroxyl groups excluding tert-OH is 1. The number of amides is 1. The fourth-order valence-electron chi connectivity index (χ4n) is 3.20. The second kappa shape index (κ2) is 6.96. The van der Waals surface area contributed by atoms with E-state index in [-0.39, 0.29) is 18.9 Å². The van der Waals surface area contributed by atoms with E-state index in [1.807, 2.05) is 0 Å². The van der Waals surface area contributed by atoms with Gasteiger partial charge in [-0.1, -0.05) is 5.16 Å². The van der Waals surface area contributed by atoms with Crippen LogP contribution >= 0.6 is 0 Å². The highest BCUT2D eigenvalue weighted by atomic mass is 16.6. The number of esters is 1. The molecule has 0 aromatic carbocycles. The Labute approximate surface area is 141 Å². The second-order valence-electron chi connectivity index (χ2n) is 7.16.